The maximum atomic E-state index is 12.4. The summed E-state index contributed by atoms with van der Waals surface area (Å²) in [4.78, 5) is 14.2. The second-order valence-corrected chi connectivity index (χ2v) is 6.88. The van der Waals surface area contributed by atoms with Crippen LogP contribution in [0.4, 0.5) is 0 Å². The van der Waals surface area contributed by atoms with E-state index in [4.69, 9.17) is 30.5 Å². The lowest BCUT2D eigenvalue weighted by atomic mass is 9.87. The van der Waals surface area contributed by atoms with Crippen LogP contribution in [0.15, 0.2) is 24.3 Å². The van der Waals surface area contributed by atoms with E-state index >= 15 is 0 Å². The molecule has 0 saturated carbocycles. The van der Waals surface area contributed by atoms with Crippen LogP contribution >= 0.6 is 11.6 Å². The molecule has 2 aromatic rings. The number of ether oxygens (including phenoxy) is 4. The van der Waals surface area contributed by atoms with Crippen LogP contribution in [0.1, 0.15) is 29.7 Å². The first-order valence-electron chi connectivity index (χ1n) is 8.89. The van der Waals surface area contributed by atoms with Crippen LogP contribution in [0.5, 0.6) is 23.0 Å². The van der Waals surface area contributed by atoms with Gasteiger partial charge in [0, 0.05) is 19.0 Å². The van der Waals surface area contributed by atoms with E-state index in [2.05, 4.69) is 0 Å². The van der Waals surface area contributed by atoms with E-state index in [1.54, 1.807) is 35.4 Å². The molecule has 0 radical (unpaired) electrons. The van der Waals surface area contributed by atoms with Gasteiger partial charge < -0.3 is 23.8 Å². The summed E-state index contributed by atoms with van der Waals surface area (Å²) >= 11 is 6.44. The Kier molecular flexibility index (Phi) is 5.89. The second-order valence-electron chi connectivity index (χ2n) is 6.47. The third-order valence-corrected chi connectivity index (χ3v) is 5.35. The maximum absolute atomic E-state index is 12.4. The van der Waals surface area contributed by atoms with Crippen LogP contribution in [0.2, 0.25) is 5.02 Å². The summed E-state index contributed by atoms with van der Waals surface area (Å²) in [5.41, 5.74) is 2.84. The molecule has 7 heteroatoms. The van der Waals surface area contributed by atoms with Crippen molar-refractivity contribution in [2.45, 2.75) is 19.4 Å². The number of fused-ring (bicyclic) bond motifs is 1. The van der Waals surface area contributed by atoms with E-state index in [0.29, 0.717) is 41.0 Å². The normalized spacial score (nSPS) is 15.6. The average Bonchev–Trinajstić information content (AvgIpc) is 2.70. The van der Waals surface area contributed by atoms with Gasteiger partial charge in [0.1, 0.15) is 0 Å². The van der Waals surface area contributed by atoms with Gasteiger partial charge in [0.2, 0.25) is 5.91 Å². The van der Waals surface area contributed by atoms with Crippen molar-refractivity contribution in [3.05, 3.63) is 46.0 Å². The molecule has 6 nitrogen and oxygen atoms in total. The zero-order chi connectivity index (χ0) is 20.4. The minimum atomic E-state index is -0.321. The van der Waals surface area contributed by atoms with Crippen LogP contribution in [0.3, 0.4) is 0 Å². The minimum absolute atomic E-state index is 0.0173. The Balaban J connectivity index is 2.24. The third kappa shape index (κ3) is 3.33. The van der Waals surface area contributed by atoms with Gasteiger partial charge in [-0.15, -0.1) is 0 Å². The first kappa shape index (κ1) is 20.1. The molecule has 0 N–H and O–H groups in total. The highest BCUT2D eigenvalue weighted by molar-refractivity contribution is 6.32. The average molecular weight is 406 g/mol. The maximum Gasteiger partial charge on any atom is 0.220 e. The monoisotopic (exact) mass is 405 g/mol. The third-order valence-electron chi connectivity index (χ3n) is 5.07. The molecule has 1 amide bonds. The molecule has 0 fully saturated rings. The standard InChI is InChI=1S/C21H24ClNO5/c1-12(24)23-9-8-15-14(6-7-17(25-2)20(15)27-4)19(23)13-10-16(22)21(28-5)18(11-13)26-3/h6-7,10-11,19H,8-9H2,1-5H3. The Morgan fingerprint density at radius 1 is 1.00 bits per heavy atom. The summed E-state index contributed by atoms with van der Waals surface area (Å²) in [5, 5.41) is 0.424. The Hall–Kier alpha value is -2.60. The number of hydrogen-bond acceptors (Lipinski definition) is 5. The number of benzene rings is 2. The van der Waals surface area contributed by atoms with Crippen LogP contribution in [0, 0.1) is 0 Å². The van der Waals surface area contributed by atoms with E-state index in [-0.39, 0.29) is 11.9 Å². The lowest BCUT2D eigenvalue weighted by molar-refractivity contribution is -0.130. The topological polar surface area (TPSA) is 57.2 Å². The molecule has 0 aromatic heterocycles. The Morgan fingerprint density at radius 2 is 1.68 bits per heavy atom. The zero-order valence-electron chi connectivity index (χ0n) is 16.7. The van der Waals surface area contributed by atoms with E-state index in [0.717, 1.165) is 16.7 Å². The van der Waals surface area contributed by atoms with Gasteiger partial charge in [0.05, 0.1) is 39.5 Å². The number of methoxy groups -OCH3 is 4. The lowest BCUT2D eigenvalue weighted by Gasteiger charge is -2.38. The molecule has 1 atom stereocenters. The molecule has 0 saturated heterocycles. The second kappa shape index (κ2) is 8.19. The van der Waals surface area contributed by atoms with Gasteiger partial charge in [-0.3, -0.25) is 4.79 Å². The fraction of sp³-hybridized carbons (Fsp3) is 0.381. The Morgan fingerprint density at radius 3 is 2.25 bits per heavy atom. The molecule has 28 heavy (non-hydrogen) atoms. The summed E-state index contributed by atoms with van der Waals surface area (Å²) in [5.74, 6) is 2.32. The van der Waals surface area contributed by atoms with Crippen molar-refractivity contribution in [1.29, 1.82) is 0 Å². The molecule has 1 heterocycles. The van der Waals surface area contributed by atoms with Gasteiger partial charge in [-0.05, 0) is 35.7 Å². The smallest absolute Gasteiger partial charge is 0.220 e. The van der Waals surface area contributed by atoms with Gasteiger partial charge in [-0.25, -0.2) is 0 Å². The summed E-state index contributed by atoms with van der Waals surface area (Å²) in [6, 6.07) is 7.18. The highest BCUT2D eigenvalue weighted by atomic mass is 35.5. The van der Waals surface area contributed by atoms with Gasteiger partial charge >= 0.3 is 0 Å². The number of amides is 1. The lowest BCUT2D eigenvalue weighted by Crippen LogP contribution is -2.39. The first-order chi connectivity index (χ1) is 13.5. The minimum Gasteiger partial charge on any atom is -0.493 e. The quantitative estimate of drug-likeness (QED) is 0.755. The van der Waals surface area contributed by atoms with Crippen molar-refractivity contribution >= 4 is 17.5 Å². The van der Waals surface area contributed by atoms with Gasteiger partial charge in [-0.1, -0.05) is 17.7 Å². The number of carbonyl (C=O) groups is 1. The number of hydrogen-bond donors (Lipinski definition) is 0. The summed E-state index contributed by atoms with van der Waals surface area (Å²) in [7, 11) is 6.33. The summed E-state index contributed by atoms with van der Waals surface area (Å²) in [6.45, 7) is 2.13. The van der Waals surface area contributed by atoms with Crippen molar-refractivity contribution < 1.29 is 23.7 Å². The van der Waals surface area contributed by atoms with Crippen molar-refractivity contribution in [2.75, 3.05) is 35.0 Å². The van der Waals surface area contributed by atoms with Gasteiger partial charge in [0.25, 0.3) is 0 Å². The molecule has 1 aliphatic rings. The predicted octanol–water partition coefficient (Wildman–Crippen LogP) is 3.87. The Labute approximate surface area is 169 Å². The molecule has 1 unspecified atom stereocenters. The summed E-state index contributed by atoms with van der Waals surface area (Å²) in [6.07, 6.45) is 0.673. The molecule has 0 aliphatic carbocycles. The van der Waals surface area contributed by atoms with Crippen molar-refractivity contribution in [1.82, 2.24) is 4.90 Å². The van der Waals surface area contributed by atoms with E-state index in [9.17, 15) is 4.79 Å². The molecule has 150 valence electrons. The highest BCUT2D eigenvalue weighted by Gasteiger charge is 2.34. The molecule has 0 spiro atoms. The molecular weight excluding hydrogens is 382 g/mol. The van der Waals surface area contributed by atoms with E-state index in [1.165, 1.54) is 0 Å². The van der Waals surface area contributed by atoms with Crippen LogP contribution in [-0.2, 0) is 11.2 Å². The predicted molar refractivity (Wildman–Crippen MR) is 107 cm³/mol. The van der Waals surface area contributed by atoms with Crippen LogP contribution in [-0.4, -0.2) is 45.8 Å². The molecular formula is C21H24ClNO5. The van der Waals surface area contributed by atoms with Crippen molar-refractivity contribution in [2.24, 2.45) is 0 Å². The SMILES string of the molecule is COc1cc(C2c3ccc(OC)c(OC)c3CCN2C(C)=O)cc(Cl)c1OC. The van der Waals surface area contributed by atoms with Crippen molar-refractivity contribution in [3.8, 4) is 23.0 Å². The van der Waals surface area contributed by atoms with Crippen molar-refractivity contribution in [3.63, 3.8) is 0 Å². The van der Waals surface area contributed by atoms with Crippen LogP contribution in [0.25, 0.3) is 0 Å². The summed E-state index contributed by atoms with van der Waals surface area (Å²) < 4.78 is 21.9. The zero-order valence-corrected chi connectivity index (χ0v) is 17.4. The Bertz CT molecular complexity index is 899. The number of halogens is 1. The fourth-order valence-electron chi connectivity index (χ4n) is 3.84. The van der Waals surface area contributed by atoms with Gasteiger partial charge in [0.15, 0.2) is 23.0 Å². The van der Waals surface area contributed by atoms with Crippen LogP contribution < -0.4 is 18.9 Å². The van der Waals surface area contributed by atoms with Gasteiger partial charge in [-0.2, -0.15) is 0 Å². The molecule has 2 aromatic carbocycles. The highest BCUT2D eigenvalue weighted by Crippen LogP contribution is 2.46. The van der Waals surface area contributed by atoms with E-state index in [1.807, 2.05) is 29.2 Å². The molecule has 0 bridgehead atoms. The first-order valence-corrected chi connectivity index (χ1v) is 9.26. The fourth-order valence-corrected chi connectivity index (χ4v) is 4.14. The number of rotatable bonds is 5. The number of nitrogens with zero attached hydrogens (tertiary/aromatic N) is 1. The molecule has 3 rings (SSSR count). The largest absolute Gasteiger partial charge is 0.493 e. The molecule has 1 aliphatic heterocycles. The van der Waals surface area contributed by atoms with E-state index < -0.39 is 0 Å². The number of carbonyl (C=O) groups excluding carboxylic acids is 1.